The van der Waals surface area contributed by atoms with Gasteiger partial charge in [-0.05, 0) is 18.6 Å². The largest absolute Gasteiger partial charge is 0.336 e. The van der Waals surface area contributed by atoms with E-state index in [-0.39, 0.29) is 28.9 Å². The van der Waals surface area contributed by atoms with E-state index in [1.54, 1.807) is 13.0 Å². The predicted octanol–water partition coefficient (Wildman–Crippen LogP) is 2.82. The molecule has 0 aromatic heterocycles. The van der Waals surface area contributed by atoms with Crippen LogP contribution in [0.3, 0.4) is 0 Å². The molecule has 0 radical (unpaired) electrons. The Morgan fingerprint density at radius 2 is 1.84 bits per heavy atom. The monoisotopic (exact) mass is 304 g/mol. The Morgan fingerprint density at radius 3 is 2.32 bits per heavy atom. The van der Waals surface area contributed by atoms with Crippen molar-refractivity contribution in [1.82, 2.24) is 4.90 Å². The molecule has 0 unspecified atom stereocenters. The molecule has 1 aromatic rings. The van der Waals surface area contributed by atoms with Crippen LogP contribution >= 0.6 is 23.2 Å². The molecule has 5 nitrogen and oxygen atoms in total. The van der Waals surface area contributed by atoms with Crippen molar-refractivity contribution in [2.75, 3.05) is 24.8 Å². The van der Waals surface area contributed by atoms with Gasteiger partial charge in [-0.15, -0.1) is 23.2 Å². The molecule has 0 saturated heterocycles. The molecule has 0 saturated carbocycles. The van der Waals surface area contributed by atoms with Crippen molar-refractivity contribution < 1.29 is 9.72 Å². The summed E-state index contributed by atoms with van der Waals surface area (Å²) in [6, 6.07) is 4.31. The first-order chi connectivity index (χ1) is 8.99. The van der Waals surface area contributed by atoms with Crippen molar-refractivity contribution in [3.05, 3.63) is 39.4 Å². The van der Waals surface area contributed by atoms with Crippen LogP contribution in [0.1, 0.15) is 15.9 Å². The summed E-state index contributed by atoms with van der Waals surface area (Å²) in [7, 11) is 0. The second-order valence-corrected chi connectivity index (χ2v) is 4.74. The number of benzene rings is 1. The van der Waals surface area contributed by atoms with E-state index in [0.29, 0.717) is 18.7 Å². The molecule has 19 heavy (non-hydrogen) atoms. The number of hydrogen-bond acceptors (Lipinski definition) is 3. The van der Waals surface area contributed by atoms with Gasteiger partial charge in [0.1, 0.15) is 0 Å². The van der Waals surface area contributed by atoms with Crippen molar-refractivity contribution in [3.63, 3.8) is 0 Å². The van der Waals surface area contributed by atoms with E-state index in [1.165, 1.54) is 17.0 Å². The fraction of sp³-hybridized carbons (Fsp3) is 0.417. The number of carbonyl (C=O) groups excluding carboxylic acids is 1. The van der Waals surface area contributed by atoms with Crippen LogP contribution < -0.4 is 0 Å². The highest BCUT2D eigenvalue weighted by Crippen LogP contribution is 2.18. The third kappa shape index (κ3) is 4.36. The van der Waals surface area contributed by atoms with Gasteiger partial charge in [0.2, 0.25) is 0 Å². The zero-order valence-corrected chi connectivity index (χ0v) is 11.9. The minimum absolute atomic E-state index is 0.0972. The SMILES string of the molecule is Cc1cc(C(=O)N(CCCl)CCCl)cc([N+](=O)[O-])c1. The van der Waals surface area contributed by atoms with Crippen LogP contribution in [-0.2, 0) is 0 Å². The average molecular weight is 305 g/mol. The molecular weight excluding hydrogens is 291 g/mol. The Labute approximate surface area is 121 Å². The topological polar surface area (TPSA) is 63.5 Å². The number of nitro groups is 1. The summed E-state index contributed by atoms with van der Waals surface area (Å²) >= 11 is 11.3. The summed E-state index contributed by atoms with van der Waals surface area (Å²) in [4.78, 5) is 24.0. The van der Waals surface area contributed by atoms with E-state index in [0.717, 1.165) is 0 Å². The normalized spacial score (nSPS) is 10.3. The van der Waals surface area contributed by atoms with Crippen molar-refractivity contribution in [2.45, 2.75) is 6.92 Å². The van der Waals surface area contributed by atoms with Gasteiger partial charge in [0.25, 0.3) is 11.6 Å². The maximum absolute atomic E-state index is 12.2. The molecule has 0 atom stereocenters. The number of non-ortho nitro benzene ring substituents is 1. The summed E-state index contributed by atoms with van der Waals surface area (Å²) in [5, 5.41) is 10.8. The zero-order chi connectivity index (χ0) is 14.4. The highest BCUT2D eigenvalue weighted by Gasteiger charge is 2.18. The Bertz CT molecular complexity index is 474. The Kier molecular flexibility index (Phi) is 6.05. The number of hydrogen-bond donors (Lipinski definition) is 0. The molecule has 0 bridgehead atoms. The number of carbonyl (C=O) groups is 1. The molecular formula is C12H14Cl2N2O3. The number of nitrogens with zero attached hydrogens (tertiary/aromatic N) is 2. The zero-order valence-electron chi connectivity index (χ0n) is 10.4. The van der Waals surface area contributed by atoms with Crippen LogP contribution in [-0.4, -0.2) is 40.6 Å². The molecule has 1 aromatic carbocycles. The van der Waals surface area contributed by atoms with Crippen LogP contribution in [0.15, 0.2) is 18.2 Å². The molecule has 1 amide bonds. The summed E-state index contributed by atoms with van der Waals surface area (Å²) in [6.45, 7) is 2.42. The maximum atomic E-state index is 12.2. The van der Waals surface area contributed by atoms with E-state index in [2.05, 4.69) is 0 Å². The van der Waals surface area contributed by atoms with Crippen molar-refractivity contribution in [3.8, 4) is 0 Å². The van der Waals surface area contributed by atoms with Crippen LogP contribution in [0.5, 0.6) is 0 Å². The van der Waals surface area contributed by atoms with E-state index < -0.39 is 4.92 Å². The van der Waals surface area contributed by atoms with Crippen LogP contribution in [0.25, 0.3) is 0 Å². The van der Waals surface area contributed by atoms with E-state index >= 15 is 0 Å². The van der Waals surface area contributed by atoms with Gasteiger partial charge in [-0.25, -0.2) is 0 Å². The molecule has 0 fully saturated rings. The quantitative estimate of drug-likeness (QED) is 0.461. The lowest BCUT2D eigenvalue weighted by molar-refractivity contribution is -0.384. The fourth-order valence-electron chi connectivity index (χ4n) is 1.69. The van der Waals surface area contributed by atoms with E-state index in [4.69, 9.17) is 23.2 Å². The molecule has 1 rings (SSSR count). The van der Waals surface area contributed by atoms with Crippen molar-refractivity contribution in [1.29, 1.82) is 0 Å². The Hall–Kier alpha value is -1.33. The van der Waals surface area contributed by atoms with Gasteiger partial charge in [0, 0.05) is 42.5 Å². The highest BCUT2D eigenvalue weighted by atomic mass is 35.5. The van der Waals surface area contributed by atoms with E-state index in [9.17, 15) is 14.9 Å². The summed E-state index contributed by atoms with van der Waals surface area (Å²) in [5.41, 5.74) is 0.844. The fourth-order valence-corrected chi connectivity index (χ4v) is 2.10. The van der Waals surface area contributed by atoms with Crippen LogP contribution in [0, 0.1) is 17.0 Å². The first kappa shape index (κ1) is 15.7. The molecule has 0 aliphatic carbocycles. The van der Waals surface area contributed by atoms with Gasteiger partial charge in [-0.2, -0.15) is 0 Å². The van der Waals surface area contributed by atoms with Gasteiger partial charge in [-0.3, -0.25) is 14.9 Å². The van der Waals surface area contributed by atoms with Crippen molar-refractivity contribution >= 4 is 34.8 Å². The second-order valence-electron chi connectivity index (χ2n) is 3.98. The number of halogens is 2. The molecule has 0 aliphatic rings. The lowest BCUT2D eigenvalue weighted by Gasteiger charge is -2.20. The minimum atomic E-state index is -0.517. The van der Waals surface area contributed by atoms with Crippen LogP contribution in [0.4, 0.5) is 5.69 Å². The number of rotatable bonds is 6. The number of nitro benzene ring substituents is 1. The molecule has 0 N–H and O–H groups in total. The highest BCUT2D eigenvalue weighted by molar-refractivity contribution is 6.18. The number of alkyl halides is 2. The molecule has 0 heterocycles. The number of amides is 1. The summed E-state index contributed by atoms with van der Waals surface area (Å²) in [6.07, 6.45) is 0. The predicted molar refractivity (Wildman–Crippen MR) is 75.2 cm³/mol. The lowest BCUT2D eigenvalue weighted by Crippen LogP contribution is -2.34. The molecule has 0 aliphatic heterocycles. The third-order valence-corrected chi connectivity index (χ3v) is 2.85. The van der Waals surface area contributed by atoms with E-state index in [1.807, 2.05) is 0 Å². The minimum Gasteiger partial charge on any atom is -0.336 e. The van der Waals surface area contributed by atoms with Crippen molar-refractivity contribution in [2.24, 2.45) is 0 Å². The molecule has 104 valence electrons. The smallest absolute Gasteiger partial charge is 0.270 e. The third-order valence-electron chi connectivity index (χ3n) is 2.52. The first-order valence-electron chi connectivity index (χ1n) is 5.67. The Morgan fingerprint density at radius 1 is 1.26 bits per heavy atom. The van der Waals surface area contributed by atoms with Gasteiger partial charge < -0.3 is 4.90 Å². The standard InChI is InChI=1S/C12H14Cl2N2O3/c1-9-6-10(8-11(7-9)16(18)19)12(17)15(4-2-13)5-3-14/h6-8H,2-5H2,1H3. The van der Waals surface area contributed by atoms with Crippen LogP contribution in [0.2, 0.25) is 0 Å². The molecule has 0 spiro atoms. The molecule has 7 heteroatoms. The van der Waals surface area contributed by atoms with Gasteiger partial charge in [-0.1, -0.05) is 0 Å². The lowest BCUT2D eigenvalue weighted by atomic mass is 10.1. The van der Waals surface area contributed by atoms with Gasteiger partial charge in [0.15, 0.2) is 0 Å². The second kappa shape index (κ2) is 7.31. The first-order valence-corrected chi connectivity index (χ1v) is 6.73. The average Bonchev–Trinajstić information content (AvgIpc) is 2.37. The summed E-state index contributed by atoms with van der Waals surface area (Å²) < 4.78 is 0. The summed E-state index contributed by atoms with van der Waals surface area (Å²) in [5.74, 6) is 0.278. The van der Waals surface area contributed by atoms with Gasteiger partial charge >= 0.3 is 0 Å². The Balaban J connectivity index is 3.06. The van der Waals surface area contributed by atoms with Gasteiger partial charge in [0.05, 0.1) is 4.92 Å². The number of aryl methyl sites for hydroxylation is 1. The maximum Gasteiger partial charge on any atom is 0.270 e.